The summed E-state index contributed by atoms with van der Waals surface area (Å²) in [4.78, 5) is 0. The van der Waals surface area contributed by atoms with Crippen molar-refractivity contribution in [2.75, 3.05) is 7.05 Å². The SMILES string of the molecule is CNCc1ccc(C)c(-c2cc(F)ccc2Cl)c1. The van der Waals surface area contributed by atoms with E-state index in [-0.39, 0.29) is 5.82 Å². The van der Waals surface area contributed by atoms with E-state index in [0.717, 1.165) is 28.8 Å². The standard InChI is InChI=1S/C15H15ClFN/c1-10-3-4-11(9-18-2)7-13(10)14-8-12(17)5-6-15(14)16/h3-8,18H,9H2,1-2H3. The summed E-state index contributed by atoms with van der Waals surface area (Å²) in [6, 6.07) is 10.6. The van der Waals surface area contributed by atoms with Gasteiger partial charge < -0.3 is 5.32 Å². The van der Waals surface area contributed by atoms with Crippen molar-refractivity contribution in [3.8, 4) is 11.1 Å². The molecule has 0 aliphatic carbocycles. The number of nitrogens with one attached hydrogen (secondary N) is 1. The highest BCUT2D eigenvalue weighted by molar-refractivity contribution is 6.33. The van der Waals surface area contributed by atoms with Gasteiger partial charge in [-0.1, -0.05) is 23.7 Å². The third-order valence-electron chi connectivity index (χ3n) is 2.90. The molecule has 2 aromatic rings. The van der Waals surface area contributed by atoms with Crippen LogP contribution in [0.15, 0.2) is 36.4 Å². The summed E-state index contributed by atoms with van der Waals surface area (Å²) >= 11 is 6.15. The Kier molecular flexibility index (Phi) is 4.00. The second kappa shape index (κ2) is 5.51. The Bertz CT molecular complexity index is 566. The van der Waals surface area contributed by atoms with Crippen LogP contribution in [0, 0.1) is 12.7 Å². The molecule has 0 aromatic heterocycles. The molecule has 1 N–H and O–H groups in total. The maximum Gasteiger partial charge on any atom is 0.123 e. The van der Waals surface area contributed by atoms with Gasteiger partial charge in [0.05, 0.1) is 0 Å². The predicted molar refractivity (Wildman–Crippen MR) is 74.3 cm³/mol. The Morgan fingerprint density at radius 2 is 1.89 bits per heavy atom. The van der Waals surface area contributed by atoms with Crippen LogP contribution in [-0.2, 0) is 6.54 Å². The Hall–Kier alpha value is -1.38. The lowest BCUT2D eigenvalue weighted by molar-refractivity contribution is 0.628. The fraction of sp³-hybridized carbons (Fsp3) is 0.200. The molecule has 0 atom stereocenters. The van der Waals surface area contributed by atoms with E-state index in [1.165, 1.54) is 12.1 Å². The Labute approximate surface area is 112 Å². The van der Waals surface area contributed by atoms with Crippen LogP contribution in [0.4, 0.5) is 4.39 Å². The molecule has 3 heteroatoms. The highest BCUT2D eigenvalue weighted by atomic mass is 35.5. The largest absolute Gasteiger partial charge is 0.316 e. The monoisotopic (exact) mass is 263 g/mol. The van der Waals surface area contributed by atoms with Crippen molar-refractivity contribution in [2.45, 2.75) is 13.5 Å². The summed E-state index contributed by atoms with van der Waals surface area (Å²) in [5, 5.41) is 3.67. The third-order valence-corrected chi connectivity index (χ3v) is 3.23. The van der Waals surface area contributed by atoms with Crippen LogP contribution in [0.2, 0.25) is 5.02 Å². The molecule has 0 aliphatic heterocycles. The first-order valence-corrected chi connectivity index (χ1v) is 6.19. The van der Waals surface area contributed by atoms with Crippen molar-refractivity contribution >= 4 is 11.6 Å². The molecule has 0 bridgehead atoms. The summed E-state index contributed by atoms with van der Waals surface area (Å²) in [6.07, 6.45) is 0. The van der Waals surface area contributed by atoms with Gasteiger partial charge in [-0.05, 0) is 54.9 Å². The first kappa shape index (κ1) is 13.1. The van der Waals surface area contributed by atoms with E-state index in [9.17, 15) is 4.39 Å². The van der Waals surface area contributed by atoms with E-state index in [0.29, 0.717) is 5.02 Å². The van der Waals surface area contributed by atoms with E-state index in [1.54, 1.807) is 6.07 Å². The zero-order valence-electron chi connectivity index (χ0n) is 10.4. The van der Waals surface area contributed by atoms with Crippen LogP contribution in [0.25, 0.3) is 11.1 Å². The fourth-order valence-electron chi connectivity index (χ4n) is 1.98. The van der Waals surface area contributed by atoms with Gasteiger partial charge in [0.2, 0.25) is 0 Å². The normalized spacial score (nSPS) is 10.7. The van der Waals surface area contributed by atoms with Gasteiger partial charge in [-0.2, -0.15) is 0 Å². The minimum Gasteiger partial charge on any atom is -0.316 e. The molecule has 0 amide bonds. The fourth-order valence-corrected chi connectivity index (χ4v) is 2.20. The average Bonchev–Trinajstić information content (AvgIpc) is 2.35. The maximum absolute atomic E-state index is 13.3. The zero-order chi connectivity index (χ0) is 13.1. The summed E-state index contributed by atoms with van der Waals surface area (Å²) in [7, 11) is 1.90. The molecule has 2 aromatic carbocycles. The molecular weight excluding hydrogens is 249 g/mol. The van der Waals surface area contributed by atoms with Crippen LogP contribution >= 0.6 is 11.6 Å². The Balaban J connectivity index is 2.55. The van der Waals surface area contributed by atoms with Crippen molar-refractivity contribution in [2.24, 2.45) is 0 Å². The molecule has 0 spiro atoms. The van der Waals surface area contributed by atoms with Gasteiger partial charge in [0.15, 0.2) is 0 Å². The van der Waals surface area contributed by atoms with Gasteiger partial charge in [-0.3, -0.25) is 0 Å². The number of aryl methyl sites for hydroxylation is 1. The van der Waals surface area contributed by atoms with Gasteiger partial charge in [0, 0.05) is 17.1 Å². The summed E-state index contributed by atoms with van der Waals surface area (Å²) in [6.45, 7) is 2.78. The smallest absolute Gasteiger partial charge is 0.123 e. The Morgan fingerprint density at radius 1 is 1.11 bits per heavy atom. The molecule has 0 aliphatic rings. The van der Waals surface area contributed by atoms with Crippen molar-refractivity contribution < 1.29 is 4.39 Å². The number of hydrogen-bond donors (Lipinski definition) is 1. The van der Waals surface area contributed by atoms with Crippen molar-refractivity contribution in [3.05, 3.63) is 58.4 Å². The molecule has 0 heterocycles. The van der Waals surface area contributed by atoms with Crippen LogP contribution in [-0.4, -0.2) is 7.05 Å². The molecule has 18 heavy (non-hydrogen) atoms. The van der Waals surface area contributed by atoms with Gasteiger partial charge >= 0.3 is 0 Å². The van der Waals surface area contributed by atoms with E-state index in [2.05, 4.69) is 11.4 Å². The lowest BCUT2D eigenvalue weighted by atomic mass is 9.98. The minimum atomic E-state index is -0.271. The molecule has 94 valence electrons. The Morgan fingerprint density at radius 3 is 2.61 bits per heavy atom. The second-order valence-electron chi connectivity index (χ2n) is 4.30. The average molecular weight is 264 g/mol. The van der Waals surface area contributed by atoms with Crippen molar-refractivity contribution in [1.82, 2.24) is 5.32 Å². The molecule has 0 fully saturated rings. The molecule has 0 radical (unpaired) electrons. The van der Waals surface area contributed by atoms with E-state index >= 15 is 0 Å². The molecule has 0 saturated carbocycles. The first-order chi connectivity index (χ1) is 8.61. The van der Waals surface area contributed by atoms with Crippen LogP contribution in [0.1, 0.15) is 11.1 Å². The van der Waals surface area contributed by atoms with E-state index in [1.807, 2.05) is 26.1 Å². The number of hydrogen-bond acceptors (Lipinski definition) is 1. The van der Waals surface area contributed by atoms with Crippen LogP contribution in [0.3, 0.4) is 0 Å². The predicted octanol–water partition coefficient (Wildman–Crippen LogP) is 4.17. The van der Waals surface area contributed by atoms with Crippen molar-refractivity contribution in [3.63, 3.8) is 0 Å². The second-order valence-corrected chi connectivity index (χ2v) is 4.71. The van der Waals surface area contributed by atoms with E-state index < -0.39 is 0 Å². The molecule has 0 saturated heterocycles. The lowest BCUT2D eigenvalue weighted by Crippen LogP contribution is -2.05. The minimum absolute atomic E-state index is 0.271. The molecule has 0 unspecified atom stereocenters. The van der Waals surface area contributed by atoms with Crippen molar-refractivity contribution in [1.29, 1.82) is 0 Å². The lowest BCUT2D eigenvalue weighted by Gasteiger charge is -2.11. The molecular formula is C15H15ClFN. The van der Waals surface area contributed by atoms with Gasteiger partial charge in [-0.15, -0.1) is 0 Å². The molecule has 1 nitrogen and oxygen atoms in total. The number of rotatable bonds is 3. The highest BCUT2D eigenvalue weighted by Gasteiger charge is 2.08. The first-order valence-electron chi connectivity index (χ1n) is 5.81. The quantitative estimate of drug-likeness (QED) is 0.876. The van der Waals surface area contributed by atoms with Crippen LogP contribution < -0.4 is 5.32 Å². The maximum atomic E-state index is 13.3. The third kappa shape index (κ3) is 2.71. The summed E-state index contributed by atoms with van der Waals surface area (Å²) < 4.78 is 13.3. The van der Waals surface area contributed by atoms with Crippen LogP contribution in [0.5, 0.6) is 0 Å². The van der Waals surface area contributed by atoms with Gasteiger partial charge in [0.25, 0.3) is 0 Å². The van der Waals surface area contributed by atoms with Gasteiger partial charge in [0.1, 0.15) is 5.82 Å². The zero-order valence-corrected chi connectivity index (χ0v) is 11.2. The van der Waals surface area contributed by atoms with E-state index in [4.69, 9.17) is 11.6 Å². The summed E-state index contributed by atoms with van der Waals surface area (Å²) in [5.74, 6) is -0.271. The van der Waals surface area contributed by atoms with Gasteiger partial charge in [-0.25, -0.2) is 4.39 Å². The topological polar surface area (TPSA) is 12.0 Å². The number of halogens is 2. The highest BCUT2D eigenvalue weighted by Crippen LogP contribution is 2.31. The molecule has 2 rings (SSSR count). The number of benzene rings is 2. The summed E-state index contributed by atoms with van der Waals surface area (Å²) in [5.41, 5.74) is 3.96.